The summed E-state index contributed by atoms with van der Waals surface area (Å²) >= 11 is 1.40. The van der Waals surface area contributed by atoms with E-state index in [-0.39, 0.29) is 13.2 Å². The predicted molar refractivity (Wildman–Crippen MR) is 88.7 cm³/mol. The van der Waals surface area contributed by atoms with Crippen LogP contribution in [0, 0.1) is 0 Å². The summed E-state index contributed by atoms with van der Waals surface area (Å²) < 4.78 is 4.72. The minimum absolute atomic E-state index is 0.0134. The standard InChI is InChI=1S/C16H15N3O4S/c20-14-10-23-16(22)19(14)9-12(11-5-2-1-3-6-11)17-15(21)18-13-7-4-8-24-13/h1-8,12H,9-10H2,(H2,17,18,21)/t12-/m1/s1. The van der Waals surface area contributed by atoms with Gasteiger partial charge in [0.15, 0.2) is 6.61 Å². The van der Waals surface area contributed by atoms with Gasteiger partial charge in [0, 0.05) is 0 Å². The minimum Gasteiger partial charge on any atom is -0.439 e. The van der Waals surface area contributed by atoms with Crippen LogP contribution in [0.3, 0.4) is 0 Å². The molecule has 1 aromatic carbocycles. The van der Waals surface area contributed by atoms with Gasteiger partial charge in [0.05, 0.1) is 17.6 Å². The van der Waals surface area contributed by atoms with Gasteiger partial charge in [-0.3, -0.25) is 10.1 Å². The Balaban J connectivity index is 1.73. The van der Waals surface area contributed by atoms with Crippen molar-refractivity contribution in [1.82, 2.24) is 10.2 Å². The second-order valence-corrected chi connectivity index (χ2v) is 6.05. The van der Waals surface area contributed by atoms with Crippen LogP contribution in [0.15, 0.2) is 47.8 Å². The number of carbonyl (C=O) groups is 3. The first-order valence-electron chi connectivity index (χ1n) is 7.26. The number of cyclic esters (lactones) is 1. The van der Waals surface area contributed by atoms with E-state index in [1.165, 1.54) is 11.3 Å². The third-order valence-electron chi connectivity index (χ3n) is 3.47. The number of anilines is 1. The van der Waals surface area contributed by atoms with Gasteiger partial charge in [-0.1, -0.05) is 30.3 Å². The van der Waals surface area contributed by atoms with Gasteiger partial charge in [-0.2, -0.15) is 0 Å². The topological polar surface area (TPSA) is 87.7 Å². The molecule has 124 valence electrons. The maximum absolute atomic E-state index is 12.2. The number of nitrogens with one attached hydrogen (secondary N) is 2. The Labute approximate surface area is 142 Å². The molecule has 2 aromatic rings. The molecule has 0 aliphatic carbocycles. The molecule has 2 heterocycles. The molecule has 1 aliphatic heterocycles. The second kappa shape index (κ2) is 7.14. The van der Waals surface area contributed by atoms with E-state index < -0.39 is 24.1 Å². The Morgan fingerprint density at radius 1 is 1.21 bits per heavy atom. The van der Waals surface area contributed by atoms with E-state index in [4.69, 9.17) is 4.74 Å². The number of amides is 4. The molecular formula is C16H15N3O4S. The maximum Gasteiger partial charge on any atom is 0.417 e. The first-order chi connectivity index (χ1) is 11.6. The second-order valence-electron chi connectivity index (χ2n) is 5.10. The molecular weight excluding hydrogens is 330 g/mol. The van der Waals surface area contributed by atoms with E-state index in [2.05, 4.69) is 10.6 Å². The zero-order chi connectivity index (χ0) is 16.9. The van der Waals surface area contributed by atoms with E-state index in [1.807, 2.05) is 41.8 Å². The Morgan fingerprint density at radius 2 is 2.00 bits per heavy atom. The van der Waals surface area contributed by atoms with E-state index in [1.54, 1.807) is 6.07 Å². The molecule has 1 atom stereocenters. The molecule has 0 saturated carbocycles. The molecule has 2 N–H and O–H groups in total. The number of hydrogen-bond donors (Lipinski definition) is 2. The zero-order valence-corrected chi connectivity index (χ0v) is 13.4. The molecule has 7 nitrogen and oxygen atoms in total. The van der Waals surface area contributed by atoms with E-state index in [0.717, 1.165) is 10.5 Å². The summed E-state index contributed by atoms with van der Waals surface area (Å²) in [6, 6.07) is 11.8. The molecule has 3 rings (SSSR count). The Hall–Kier alpha value is -2.87. The number of ether oxygens (including phenoxy) is 1. The first kappa shape index (κ1) is 16.0. The number of hydrogen-bond acceptors (Lipinski definition) is 5. The highest BCUT2D eigenvalue weighted by atomic mass is 32.1. The van der Waals surface area contributed by atoms with Gasteiger partial charge in [0.2, 0.25) is 0 Å². The largest absolute Gasteiger partial charge is 0.439 e. The predicted octanol–water partition coefficient (Wildman–Crippen LogP) is 2.59. The van der Waals surface area contributed by atoms with E-state index in [0.29, 0.717) is 5.00 Å². The van der Waals surface area contributed by atoms with Crippen molar-refractivity contribution in [3.8, 4) is 0 Å². The molecule has 1 aliphatic rings. The quantitative estimate of drug-likeness (QED) is 0.872. The van der Waals surface area contributed by atoms with Crippen molar-refractivity contribution in [2.45, 2.75) is 6.04 Å². The summed E-state index contributed by atoms with van der Waals surface area (Å²) in [6.07, 6.45) is -0.693. The highest BCUT2D eigenvalue weighted by Crippen LogP contribution is 2.19. The molecule has 24 heavy (non-hydrogen) atoms. The van der Waals surface area contributed by atoms with Crippen molar-refractivity contribution in [1.29, 1.82) is 0 Å². The van der Waals surface area contributed by atoms with Crippen LogP contribution >= 0.6 is 11.3 Å². The smallest absolute Gasteiger partial charge is 0.417 e. The third-order valence-corrected chi connectivity index (χ3v) is 4.26. The van der Waals surface area contributed by atoms with Crippen molar-refractivity contribution in [3.63, 3.8) is 0 Å². The average Bonchev–Trinajstić information content (AvgIpc) is 3.20. The fraction of sp³-hybridized carbons (Fsp3) is 0.188. The first-order valence-corrected chi connectivity index (χ1v) is 8.14. The summed E-state index contributed by atoms with van der Waals surface area (Å²) in [6.45, 7) is -0.249. The van der Waals surface area contributed by atoms with Crippen LogP contribution in [-0.2, 0) is 9.53 Å². The third kappa shape index (κ3) is 3.72. The summed E-state index contributed by atoms with van der Waals surface area (Å²) in [5.41, 5.74) is 0.784. The number of imide groups is 1. The number of nitrogens with zero attached hydrogens (tertiary/aromatic N) is 1. The van der Waals surface area contributed by atoms with Crippen LogP contribution in [0.5, 0.6) is 0 Å². The van der Waals surface area contributed by atoms with Gasteiger partial charge in [-0.05, 0) is 23.1 Å². The molecule has 0 bridgehead atoms. The van der Waals surface area contributed by atoms with Gasteiger partial charge < -0.3 is 10.1 Å². The lowest BCUT2D eigenvalue weighted by Gasteiger charge is -2.22. The van der Waals surface area contributed by atoms with Crippen LogP contribution in [0.1, 0.15) is 11.6 Å². The Kier molecular flexibility index (Phi) is 4.76. The van der Waals surface area contributed by atoms with Crippen LogP contribution < -0.4 is 10.6 Å². The maximum atomic E-state index is 12.2. The van der Waals surface area contributed by atoms with Gasteiger partial charge in [-0.25, -0.2) is 14.5 Å². The zero-order valence-electron chi connectivity index (χ0n) is 12.6. The number of carbonyl (C=O) groups excluding carboxylic acids is 3. The monoisotopic (exact) mass is 345 g/mol. The lowest BCUT2D eigenvalue weighted by Crippen LogP contribution is -2.41. The molecule has 8 heteroatoms. The van der Waals surface area contributed by atoms with Crippen molar-refractivity contribution in [2.24, 2.45) is 0 Å². The SMILES string of the molecule is O=C(Nc1cccs1)N[C@H](CN1C(=O)COC1=O)c1ccccc1. The van der Waals surface area contributed by atoms with E-state index in [9.17, 15) is 14.4 Å². The molecule has 0 radical (unpaired) electrons. The highest BCUT2D eigenvalue weighted by molar-refractivity contribution is 7.14. The summed E-state index contributed by atoms with van der Waals surface area (Å²) in [7, 11) is 0. The van der Waals surface area contributed by atoms with Crippen LogP contribution in [0.2, 0.25) is 0 Å². The highest BCUT2D eigenvalue weighted by Gasteiger charge is 2.33. The molecule has 4 amide bonds. The molecule has 0 unspecified atom stereocenters. The van der Waals surface area contributed by atoms with Crippen LogP contribution in [0.25, 0.3) is 0 Å². The average molecular weight is 345 g/mol. The minimum atomic E-state index is -0.693. The summed E-state index contributed by atoms with van der Waals surface area (Å²) in [5.74, 6) is -0.415. The van der Waals surface area contributed by atoms with Crippen molar-refractivity contribution in [3.05, 3.63) is 53.4 Å². The number of thiophene rings is 1. The summed E-state index contributed by atoms with van der Waals surface area (Å²) in [4.78, 5) is 36.6. The van der Waals surface area contributed by atoms with Crippen molar-refractivity contribution < 1.29 is 19.1 Å². The van der Waals surface area contributed by atoms with Crippen molar-refractivity contribution in [2.75, 3.05) is 18.5 Å². The Bertz CT molecular complexity index is 717. The lowest BCUT2D eigenvalue weighted by atomic mass is 10.1. The number of urea groups is 1. The molecule has 1 saturated heterocycles. The Morgan fingerprint density at radius 3 is 2.62 bits per heavy atom. The normalized spacial score (nSPS) is 15.1. The molecule has 1 aromatic heterocycles. The lowest BCUT2D eigenvalue weighted by molar-refractivity contribution is -0.126. The molecule has 0 spiro atoms. The van der Waals surface area contributed by atoms with Gasteiger partial charge >= 0.3 is 12.1 Å². The van der Waals surface area contributed by atoms with Crippen LogP contribution in [-0.4, -0.2) is 36.1 Å². The van der Waals surface area contributed by atoms with Gasteiger partial charge in [-0.15, -0.1) is 11.3 Å². The number of rotatable bonds is 5. The van der Waals surface area contributed by atoms with Gasteiger partial charge in [0.25, 0.3) is 5.91 Å². The van der Waals surface area contributed by atoms with Crippen LogP contribution in [0.4, 0.5) is 14.6 Å². The number of benzene rings is 1. The summed E-state index contributed by atoms with van der Waals surface area (Å²) in [5, 5.41) is 8.07. The van der Waals surface area contributed by atoms with Gasteiger partial charge in [0.1, 0.15) is 0 Å². The molecule has 1 fully saturated rings. The fourth-order valence-corrected chi connectivity index (χ4v) is 2.93. The fourth-order valence-electron chi connectivity index (χ4n) is 2.32. The van der Waals surface area contributed by atoms with Crippen molar-refractivity contribution >= 4 is 34.4 Å². The van der Waals surface area contributed by atoms with E-state index >= 15 is 0 Å².